The highest BCUT2D eigenvalue weighted by molar-refractivity contribution is 5.62. The molecular weight excluding hydrogens is 260 g/mol. The lowest BCUT2D eigenvalue weighted by Crippen LogP contribution is -2.04. The molecule has 0 radical (unpaired) electrons. The number of aryl methyl sites for hydroxylation is 1. The van der Waals surface area contributed by atoms with Crippen LogP contribution in [0.2, 0.25) is 0 Å². The molecule has 0 aliphatic rings. The number of nitrogens with zero attached hydrogens (tertiary/aromatic N) is 2. The summed E-state index contributed by atoms with van der Waals surface area (Å²) in [6, 6.07) is 18.7. The summed E-state index contributed by atoms with van der Waals surface area (Å²) in [7, 11) is 0. The summed E-state index contributed by atoms with van der Waals surface area (Å²) in [4.78, 5) is 4.36. The lowest BCUT2D eigenvalue weighted by atomic mass is 10.1. The van der Waals surface area contributed by atoms with Crippen LogP contribution in [0.25, 0.3) is 11.4 Å². The van der Waals surface area contributed by atoms with Gasteiger partial charge in [0.2, 0.25) is 0 Å². The van der Waals surface area contributed by atoms with Crippen molar-refractivity contribution in [2.24, 2.45) is 0 Å². The molecule has 0 aliphatic heterocycles. The normalized spacial score (nSPS) is 10.5. The third-order valence-electron chi connectivity index (χ3n) is 3.30. The lowest BCUT2D eigenvalue weighted by molar-refractivity contribution is 1.02. The fraction of sp³-hybridized carbons (Fsp3) is 0.176. The standard InChI is InChI=1S/C17H18N4/c1-13-19-17(21-20-13)15-8-5-9-16(12-15)18-11-10-14-6-3-2-4-7-14/h2-9,12,18H,10-11H2,1H3,(H,19,20,21). The van der Waals surface area contributed by atoms with Crippen LogP contribution in [-0.4, -0.2) is 21.7 Å². The molecule has 0 fully saturated rings. The van der Waals surface area contributed by atoms with E-state index in [1.807, 2.05) is 25.1 Å². The fourth-order valence-electron chi connectivity index (χ4n) is 2.24. The van der Waals surface area contributed by atoms with Gasteiger partial charge in [-0.25, -0.2) is 4.98 Å². The molecule has 2 aromatic carbocycles. The van der Waals surface area contributed by atoms with Gasteiger partial charge in [-0.1, -0.05) is 42.5 Å². The maximum absolute atomic E-state index is 4.36. The Kier molecular flexibility index (Phi) is 3.96. The van der Waals surface area contributed by atoms with Gasteiger partial charge >= 0.3 is 0 Å². The molecule has 4 nitrogen and oxygen atoms in total. The number of rotatable bonds is 5. The molecule has 0 bridgehead atoms. The predicted molar refractivity (Wildman–Crippen MR) is 85.2 cm³/mol. The Labute approximate surface area is 124 Å². The van der Waals surface area contributed by atoms with Crippen LogP contribution in [0.3, 0.4) is 0 Å². The first-order valence-electron chi connectivity index (χ1n) is 7.08. The van der Waals surface area contributed by atoms with Gasteiger partial charge < -0.3 is 5.32 Å². The van der Waals surface area contributed by atoms with Gasteiger partial charge in [0, 0.05) is 17.8 Å². The maximum atomic E-state index is 4.36. The second kappa shape index (κ2) is 6.22. The molecule has 3 aromatic rings. The van der Waals surface area contributed by atoms with E-state index in [2.05, 4.69) is 56.9 Å². The molecule has 0 aliphatic carbocycles. The van der Waals surface area contributed by atoms with Crippen LogP contribution in [-0.2, 0) is 6.42 Å². The van der Waals surface area contributed by atoms with Gasteiger partial charge in [-0.15, -0.1) is 0 Å². The summed E-state index contributed by atoms with van der Waals surface area (Å²) >= 11 is 0. The first-order chi connectivity index (χ1) is 10.3. The van der Waals surface area contributed by atoms with Crippen LogP contribution in [0.1, 0.15) is 11.4 Å². The average molecular weight is 278 g/mol. The van der Waals surface area contributed by atoms with Crippen molar-refractivity contribution < 1.29 is 0 Å². The number of aromatic amines is 1. The summed E-state index contributed by atoms with van der Waals surface area (Å²) in [6.45, 7) is 2.80. The smallest absolute Gasteiger partial charge is 0.181 e. The zero-order valence-electron chi connectivity index (χ0n) is 12.0. The fourth-order valence-corrected chi connectivity index (χ4v) is 2.24. The van der Waals surface area contributed by atoms with Crippen LogP contribution < -0.4 is 5.32 Å². The molecular formula is C17H18N4. The monoisotopic (exact) mass is 278 g/mol. The van der Waals surface area contributed by atoms with Crippen molar-refractivity contribution in [1.29, 1.82) is 0 Å². The quantitative estimate of drug-likeness (QED) is 0.751. The third kappa shape index (κ3) is 3.48. The van der Waals surface area contributed by atoms with Crippen LogP contribution in [0, 0.1) is 6.92 Å². The van der Waals surface area contributed by atoms with Gasteiger partial charge in [0.05, 0.1) is 0 Å². The molecule has 3 rings (SSSR count). The summed E-state index contributed by atoms with van der Waals surface area (Å²) in [6.07, 6.45) is 1.00. The molecule has 0 spiro atoms. The summed E-state index contributed by atoms with van der Waals surface area (Å²) in [5.74, 6) is 1.56. The van der Waals surface area contributed by atoms with Crippen LogP contribution in [0.15, 0.2) is 54.6 Å². The Balaban J connectivity index is 1.64. The SMILES string of the molecule is Cc1nc(-c2cccc(NCCc3ccccc3)c2)n[nH]1. The molecule has 4 heteroatoms. The third-order valence-corrected chi connectivity index (χ3v) is 3.30. The Morgan fingerprint density at radius 2 is 1.90 bits per heavy atom. The minimum atomic E-state index is 0.735. The van der Waals surface area contributed by atoms with Crippen molar-refractivity contribution in [3.05, 3.63) is 66.0 Å². The predicted octanol–water partition coefficient (Wildman–Crippen LogP) is 3.43. The molecule has 1 aromatic heterocycles. The number of H-pyrrole nitrogens is 1. The van der Waals surface area contributed by atoms with Crippen molar-refractivity contribution >= 4 is 5.69 Å². The lowest BCUT2D eigenvalue weighted by Gasteiger charge is -2.07. The Morgan fingerprint density at radius 3 is 2.67 bits per heavy atom. The van der Waals surface area contributed by atoms with E-state index in [4.69, 9.17) is 0 Å². The highest BCUT2D eigenvalue weighted by Gasteiger charge is 2.04. The number of hydrogen-bond donors (Lipinski definition) is 2. The largest absolute Gasteiger partial charge is 0.385 e. The highest BCUT2D eigenvalue weighted by Crippen LogP contribution is 2.19. The number of hydrogen-bond acceptors (Lipinski definition) is 3. The van der Waals surface area contributed by atoms with E-state index in [1.165, 1.54) is 5.56 Å². The average Bonchev–Trinajstić information content (AvgIpc) is 2.95. The van der Waals surface area contributed by atoms with E-state index in [9.17, 15) is 0 Å². The first-order valence-corrected chi connectivity index (χ1v) is 7.08. The van der Waals surface area contributed by atoms with E-state index >= 15 is 0 Å². The van der Waals surface area contributed by atoms with Gasteiger partial charge in [0.25, 0.3) is 0 Å². The zero-order valence-corrected chi connectivity index (χ0v) is 12.0. The van der Waals surface area contributed by atoms with E-state index < -0.39 is 0 Å². The van der Waals surface area contributed by atoms with E-state index in [0.29, 0.717) is 0 Å². The number of aromatic nitrogens is 3. The summed E-state index contributed by atoms with van der Waals surface area (Å²) < 4.78 is 0. The van der Waals surface area contributed by atoms with Gasteiger partial charge in [-0.2, -0.15) is 5.10 Å². The minimum absolute atomic E-state index is 0.735. The van der Waals surface area contributed by atoms with Crippen molar-refractivity contribution in [1.82, 2.24) is 15.2 Å². The maximum Gasteiger partial charge on any atom is 0.181 e. The van der Waals surface area contributed by atoms with Gasteiger partial charge in [0.1, 0.15) is 5.82 Å². The summed E-state index contributed by atoms with van der Waals surface area (Å²) in [5, 5.41) is 10.5. The van der Waals surface area contributed by atoms with E-state index in [-0.39, 0.29) is 0 Å². The first kappa shape index (κ1) is 13.4. The van der Waals surface area contributed by atoms with Crippen LogP contribution in [0.4, 0.5) is 5.69 Å². The van der Waals surface area contributed by atoms with Gasteiger partial charge in [-0.05, 0) is 31.0 Å². The molecule has 0 amide bonds. The zero-order chi connectivity index (χ0) is 14.5. The van der Waals surface area contributed by atoms with Crippen molar-refractivity contribution in [2.45, 2.75) is 13.3 Å². The second-order valence-electron chi connectivity index (χ2n) is 4.99. The Hall–Kier alpha value is -2.62. The van der Waals surface area contributed by atoms with Crippen LogP contribution in [0.5, 0.6) is 0 Å². The van der Waals surface area contributed by atoms with E-state index in [0.717, 1.165) is 35.9 Å². The molecule has 106 valence electrons. The van der Waals surface area contributed by atoms with Crippen molar-refractivity contribution in [2.75, 3.05) is 11.9 Å². The topological polar surface area (TPSA) is 53.6 Å². The highest BCUT2D eigenvalue weighted by atomic mass is 15.2. The van der Waals surface area contributed by atoms with Crippen molar-refractivity contribution in [3.63, 3.8) is 0 Å². The number of anilines is 1. The molecule has 0 saturated heterocycles. The number of benzene rings is 2. The van der Waals surface area contributed by atoms with Gasteiger partial charge in [-0.3, -0.25) is 5.10 Å². The molecule has 0 atom stereocenters. The van der Waals surface area contributed by atoms with Crippen LogP contribution >= 0.6 is 0 Å². The second-order valence-corrected chi connectivity index (χ2v) is 4.99. The summed E-state index contributed by atoms with van der Waals surface area (Å²) in [5.41, 5.74) is 3.45. The molecule has 21 heavy (non-hydrogen) atoms. The van der Waals surface area contributed by atoms with Gasteiger partial charge in [0.15, 0.2) is 5.82 Å². The molecule has 1 heterocycles. The minimum Gasteiger partial charge on any atom is -0.385 e. The Bertz CT molecular complexity index is 704. The molecule has 0 unspecified atom stereocenters. The molecule has 2 N–H and O–H groups in total. The Morgan fingerprint density at radius 1 is 1.05 bits per heavy atom. The van der Waals surface area contributed by atoms with Crippen molar-refractivity contribution in [3.8, 4) is 11.4 Å². The number of nitrogens with one attached hydrogen (secondary N) is 2. The van der Waals surface area contributed by atoms with E-state index in [1.54, 1.807) is 0 Å². The molecule has 0 saturated carbocycles.